The van der Waals surface area contributed by atoms with E-state index in [1.54, 1.807) is 12.0 Å². The smallest absolute Gasteiger partial charge is 0.235 e. The summed E-state index contributed by atoms with van der Waals surface area (Å²) in [4.78, 5) is 25.9. The number of hydrogen-bond donors (Lipinski definition) is 1. The lowest BCUT2D eigenvalue weighted by Gasteiger charge is -2.14. The van der Waals surface area contributed by atoms with Crippen LogP contribution in [0.25, 0.3) is 0 Å². The molecule has 0 radical (unpaired) electrons. The number of amides is 2. The van der Waals surface area contributed by atoms with Crippen molar-refractivity contribution < 1.29 is 19.1 Å². The first-order valence-corrected chi connectivity index (χ1v) is 8.43. The predicted octanol–water partition coefficient (Wildman–Crippen LogP) is 0.809. The van der Waals surface area contributed by atoms with Crippen LogP contribution in [0.5, 0.6) is 0 Å². The number of methoxy groups -OCH3 is 1. The number of carbonyl (C=O) groups excluding carboxylic acids is 2. The van der Waals surface area contributed by atoms with Crippen molar-refractivity contribution in [3.63, 3.8) is 0 Å². The number of likely N-dealkylation sites (tertiary alicyclic amines) is 2. The highest BCUT2D eigenvalue weighted by atomic mass is 32.1. The highest BCUT2D eigenvalue weighted by molar-refractivity contribution is 7.81. The minimum Gasteiger partial charge on any atom is -0.383 e. The highest BCUT2D eigenvalue weighted by Gasteiger charge is 2.27. The summed E-state index contributed by atoms with van der Waals surface area (Å²) < 4.78 is 10.0. The Balaban J connectivity index is 0.000000220. The van der Waals surface area contributed by atoms with Crippen molar-refractivity contribution in [1.29, 1.82) is 0 Å². The van der Waals surface area contributed by atoms with Gasteiger partial charge < -0.3 is 19.3 Å². The second-order valence-electron chi connectivity index (χ2n) is 5.30. The van der Waals surface area contributed by atoms with Gasteiger partial charge in [-0.1, -0.05) is 0 Å². The minimum absolute atomic E-state index is 0.0770. The van der Waals surface area contributed by atoms with E-state index in [1.807, 2.05) is 11.8 Å². The van der Waals surface area contributed by atoms with Gasteiger partial charge in [0.1, 0.15) is 0 Å². The van der Waals surface area contributed by atoms with Gasteiger partial charge in [-0.2, -0.15) is 12.6 Å². The normalized spacial score (nSPS) is 21.3. The maximum Gasteiger partial charge on any atom is 0.235 e. The molecule has 0 aromatic rings. The second-order valence-corrected chi connectivity index (χ2v) is 5.93. The monoisotopic (exact) mass is 332 g/mol. The van der Waals surface area contributed by atoms with Crippen molar-refractivity contribution >= 4 is 24.4 Å². The van der Waals surface area contributed by atoms with Gasteiger partial charge in [0.25, 0.3) is 0 Å². The Bertz CT molecular complexity index is 354. The Morgan fingerprint density at radius 1 is 1.18 bits per heavy atom. The van der Waals surface area contributed by atoms with Crippen molar-refractivity contribution in [2.75, 3.05) is 53.1 Å². The van der Waals surface area contributed by atoms with E-state index in [2.05, 4.69) is 12.6 Å². The highest BCUT2D eigenvalue weighted by Crippen LogP contribution is 2.15. The third kappa shape index (κ3) is 6.54. The fraction of sp³-hybridized carbons (Fsp3) is 0.867. The molecule has 2 amide bonds. The number of thiol groups is 1. The van der Waals surface area contributed by atoms with Gasteiger partial charge in [-0.15, -0.1) is 0 Å². The van der Waals surface area contributed by atoms with Crippen molar-refractivity contribution in [2.24, 2.45) is 0 Å². The molecule has 1 unspecified atom stereocenters. The first-order valence-electron chi connectivity index (χ1n) is 7.91. The number of ether oxygens (including phenoxy) is 2. The molecule has 0 saturated carbocycles. The van der Waals surface area contributed by atoms with Crippen LogP contribution in [0.4, 0.5) is 0 Å². The molecule has 2 saturated heterocycles. The van der Waals surface area contributed by atoms with E-state index in [1.165, 1.54) is 0 Å². The summed E-state index contributed by atoms with van der Waals surface area (Å²) in [6.07, 6.45) is 2.61. The summed E-state index contributed by atoms with van der Waals surface area (Å²) in [5, 5.41) is -0.0770. The molecule has 0 spiro atoms. The number of hydrogen-bond acceptors (Lipinski definition) is 5. The third-order valence-electron chi connectivity index (χ3n) is 3.72. The summed E-state index contributed by atoms with van der Waals surface area (Å²) in [5.41, 5.74) is 0. The average Bonchev–Trinajstić information content (AvgIpc) is 3.06. The molecule has 2 fully saturated rings. The number of carbonyl (C=O) groups is 2. The van der Waals surface area contributed by atoms with Crippen LogP contribution in [-0.4, -0.2) is 80.0 Å². The Morgan fingerprint density at radius 2 is 1.91 bits per heavy atom. The summed E-state index contributed by atoms with van der Waals surface area (Å²) in [5.74, 6) is 0.426. The van der Waals surface area contributed by atoms with E-state index in [0.717, 1.165) is 45.5 Å². The van der Waals surface area contributed by atoms with Crippen LogP contribution in [0.3, 0.4) is 0 Å². The topological polar surface area (TPSA) is 59.1 Å². The van der Waals surface area contributed by atoms with Gasteiger partial charge in [0.2, 0.25) is 11.8 Å². The predicted molar refractivity (Wildman–Crippen MR) is 88.2 cm³/mol. The first kappa shape index (κ1) is 19.3. The Hall–Kier alpha value is -0.790. The van der Waals surface area contributed by atoms with Gasteiger partial charge in [-0.3, -0.25) is 9.59 Å². The molecular formula is C15H28N2O4S. The van der Waals surface area contributed by atoms with Gasteiger partial charge >= 0.3 is 0 Å². The van der Waals surface area contributed by atoms with Crippen LogP contribution in [0.15, 0.2) is 0 Å². The molecule has 2 aliphatic heterocycles. The maximum atomic E-state index is 11.2. The molecule has 7 heteroatoms. The molecule has 6 nitrogen and oxygen atoms in total. The van der Waals surface area contributed by atoms with E-state index in [9.17, 15) is 9.59 Å². The SMILES string of the molecule is CCOCCN1CCCC1=O.COCCN1CCC(S)C1=O. The molecule has 0 aromatic heterocycles. The minimum atomic E-state index is -0.0770. The Labute approximate surface area is 138 Å². The lowest BCUT2D eigenvalue weighted by Crippen LogP contribution is -2.30. The fourth-order valence-corrected chi connectivity index (χ4v) is 2.68. The van der Waals surface area contributed by atoms with Crippen LogP contribution in [0.1, 0.15) is 26.2 Å². The summed E-state index contributed by atoms with van der Waals surface area (Å²) >= 11 is 4.14. The van der Waals surface area contributed by atoms with E-state index >= 15 is 0 Å². The zero-order valence-electron chi connectivity index (χ0n) is 13.6. The van der Waals surface area contributed by atoms with Crippen molar-refractivity contribution in [2.45, 2.75) is 31.4 Å². The molecule has 2 rings (SSSR count). The molecule has 1 atom stereocenters. The van der Waals surface area contributed by atoms with Crippen molar-refractivity contribution in [3.05, 3.63) is 0 Å². The van der Waals surface area contributed by atoms with Crippen LogP contribution < -0.4 is 0 Å². The summed E-state index contributed by atoms with van der Waals surface area (Å²) in [7, 11) is 1.64. The third-order valence-corrected chi connectivity index (χ3v) is 4.19. The van der Waals surface area contributed by atoms with Crippen LogP contribution in [0.2, 0.25) is 0 Å². The first-order chi connectivity index (χ1) is 10.6. The quantitative estimate of drug-likeness (QED) is 0.554. The zero-order chi connectivity index (χ0) is 16.4. The average molecular weight is 332 g/mol. The largest absolute Gasteiger partial charge is 0.383 e. The van der Waals surface area contributed by atoms with Gasteiger partial charge in [-0.05, 0) is 19.8 Å². The molecule has 128 valence electrons. The molecule has 22 heavy (non-hydrogen) atoms. The fourth-order valence-electron chi connectivity index (χ4n) is 2.41. The molecule has 0 N–H and O–H groups in total. The van der Waals surface area contributed by atoms with Crippen molar-refractivity contribution in [1.82, 2.24) is 9.80 Å². The lowest BCUT2D eigenvalue weighted by atomic mass is 10.4. The Morgan fingerprint density at radius 3 is 2.41 bits per heavy atom. The van der Waals surface area contributed by atoms with Crippen LogP contribution in [0, 0.1) is 0 Å². The second kappa shape index (κ2) is 10.9. The molecule has 0 bridgehead atoms. The lowest BCUT2D eigenvalue weighted by molar-refractivity contribution is -0.128. The number of rotatable bonds is 7. The Kier molecular flexibility index (Phi) is 9.50. The summed E-state index contributed by atoms with van der Waals surface area (Å²) in [6.45, 7) is 7.23. The van der Waals surface area contributed by atoms with Crippen LogP contribution >= 0.6 is 12.6 Å². The van der Waals surface area contributed by atoms with Crippen LogP contribution in [-0.2, 0) is 19.1 Å². The molecule has 0 aliphatic carbocycles. The van der Waals surface area contributed by atoms with E-state index in [0.29, 0.717) is 19.8 Å². The van der Waals surface area contributed by atoms with Gasteiger partial charge in [0.15, 0.2) is 0 Å². The van der Waals surface area contributed by atoms with E-state index in [4.69, 9.17) is 9.47 Å². The molecule has 2 aliphatic rings. The van der Waals surface area contributed by atoms with Crippen molar-refractivity contribution in [3.8, 4) is 0 Å². The van der Waals surface area contributed by atoms with E-state index < -0.39 is 0 Å². The molecule has 2 heterocycles. The van der Waals surface area contributed by atoms with Gasteiger partial charge in [0.05, 0.1) is 18.5 Å². The standard InChI is InChI=1S/C8H15NO2.C7H13NO2S/c1-2-11-7-6-9-5-3-4-8(9)10;1-10-5-4-8-3-2-6(11)7(8)9/h2-7H2,1H3;6,11H,2-5H2,1H3. The van der Waals surface area contributed by atoms with Gasteiger partial charge in [-0.25, -0.2) is 0 Å². The zero-order valence-corrected chi connectivity index (χ0v) is 14.5. The van der Waals surface area contributed by atoms with E-state index in [-0.39, 0.29) is 17.1 Å². The molecule has 0 aromatic carbocycles. The maximum absolute atomic E-state index is 11.2. The molecular weight excluding hydrogens is 304 g/mol. The van der Waals surface area contributed by atoms with Gasteiger partial charge in [0, 0.05) is 46.3 Å². The summed E-state index contributed by atoms with van der Waals surface area (Å²) in [6, 6.07) is 0. The number of nitrogens with zero attached hydrogens (tertiary/aromatic N) is 2.